The van der Waals surface area contributed by atoms with E-state index in [0.29, 0.717) is 11.4 Å². The number of benzene rings is 2. The van der Waals surface area contributed by atoms with Gasteiger partial charge in [-0.15, -0.1) is 0 Å². The first-order valence-electron chi connectivity index (χ1n) is 9.46. The molecule has 6 nitrogen and oxygen atoms in total. The average Bonchev–Trinajstić information content (AvgIpc) is 3.27. The van der Waals surface area contributed by atoms with Crippen LogP contribution in [0.2, 0.25) is 0 Å². The molecule has 0 radical (unpaired) electrons. The first-order valence-corrected chi connectivity index (χ1v) is 9.46. The van der Waals surface area contributed by atoms with Crippen molar-refractivity contribution in [3.8, 4) is 5.75 Å². The standard InChI is InChI=1S/C22H26N2O4/c1-22(27-2,17-9-4-3-5-10-17)21(26)23-18-11-8-12-19(15-18)28-16-20(25)24-13-6-7-14-24/h3-5,8-12,15H,6-7,13-14,16H2,1-2H3,(H,23,26). The summed E-state index contributed by atoms with van der Waals surface area (Å²) in [5.41, 5.74) is 0.220. The highest BCUT2D eigenvalue weighted by molar-refractivity contribution is 5.97. The summed E-state index contributed by atoms with van der Waals surface area (Å²) in [5.74, 6) is 0.235. The Labute approximate surface area is 165 Å². The highest BCUT2D eigenvalue weighted by Crippen LogP contribution is 2.27. The number of carbonyl (C=O) groups is 2. The third-order valence-corrected chi connectivity index (χ3v) is 5.08. The van der Waals surface area contributed by atoms with Crippen LogP contribution in [-0.4, -0.2) is 43.5 Å². The van der Waals surface area contributed by atoms with Crippen molar-refractivity contribution in [3.63, 3.8) is 0 Å². The van der Waals surface area contributed by atoms with Crippen molar-refractivity contribution in [2.24, 2.45) is 0 Å². The van der Waals surface area contributed by atoms with Crippen LogP contribution in [0.3, 0.4) is 0 Å². The van der Waals surface area contributed by atoms with Gasteiger partial charge in [-0.3, -0.25) is 9.59 Å². The van der Waals surface area contributed by atoms with Crippen LogP contribution < -0.4 is 10.1 Å². The molecular weight excluding hydrogens is 356 g/mol. The quantitative estimate of drug-likeness (QED) is 0.799. The number of ether oxygens (including phenoxy) is 2. The maximum absolute atomic E-state index is 12.9. The first kappa shape index (κ1) is 19.9. The second-order valence-electron chi connectivity index (χ2n) is 6.96. The Bertz CT molecular complexity index is 818. The van der Waals surface area contributed by atoms with Gasteiger partial charge in [-0.2, -0.15) is 0 Å². The molecule has 1 atom stereocenters. The molecule has 0 saturated carbocycles. The van der Waals surface area contributed by atoms with E-state index < -0.39 is 5.60 Å². The molecule has 2 amide bonds. The van der Waals surface area contributed by atoms with Crippen LogP contribution in [0.15, 0.2) is 54.6 Å². The number of amides is 2. The van der Waals surface area contributed by atoms with Crippen LogP contribution in [0.1, 0.15) is 25.3 Å². The van der Waals surface area contributed by atoms with E-state index in [0.717, 1.165) is 31.5 Å². The molecule has 1 heterocycles. The van der Waals surface area contributed by atoms with E-state index in [4.69, 9.17) is 9.47 Å². The van der Waals surface area contributed by atoms with E-state index in [1.54, 1.807) is 31.2 Å². The van der Waals surface area contributed by atoms with Gasteiger partial charge in [-0.05, 0) is 37.5 Å². The molecule has 1 aliphatic heterocycles. The summed E-state index contributed by atoms with van der Waals surface area (Å²) in [7, 11) is 1.51. The molecule has 0 spiro atoms. The fourth-order valence-electron chi connectivity index (χ4n) is 3.21. The second-order valence-corrected chi connectivity index (χ2v) is 6.96. The average molecular weight is 382 g/mol. The van der Waals surface area contributed by atoms with E-state index in [2.05, 4.69) is 5.32 Å². The second kappa shape index (κ2) is 8.89. The normalized spacial score (nSPS) is 15.7. The molecule has 0 aliphatic carbocycles. The van der Waals surface area contributed by atoms with Gasteiger partial charge in [-0.1, -0.05) is 36.4 Å². The summed E-state index contributed by atoms with van der Waals surface area (Å²) in [4.78, 5) is 26.8. The highest BCUT2D eigenvalue weighted by Gasteiger charge is 2.35. The van der Waals surface area contributed by atoms with Crippen molar-refractivity contribution in [1.82, 2.24) is 4.90 Å². The smallest absolute Gasteiger partial charge is 0.260 e. The molecule has 28 heavy (non-hydrogen) atoms. The number of likely N-dealkylation sites (tertiary alicyclic amines) is 1. The van der Waals surface area contributed by atoms with E-state index in [1.165, 1.54) is 7.11 Å². The maximum atomic E-state index is 12.9. The fourth-order valence-corrected chi connectivity index (χ4v) is 3.21. The van der Waals surface area contributed by atoms with Crippen molar-refractivity contribution in [1.29, 1.82) is 0 Å². The van der Waals surface area contributed by atoms with Crippen molar-refractivity contribution in [2.45, 2.75) is 25.4 Å². The molecule has 3 rings (SSSR count). The molecule has 6 heteroatoms. The van der Waals surface area contributed by atoms with Crippen molar-refractivity contribution < 1.29 is 19.1 Å². The Hall–Kier alpha value is -2.86. The van der Waals surface area contributed by atoms with E-state index in [1.807, 2.05) is 35.2 Å². The van der Waals surface area contributed by atoms with Crippen LogP contribution in [0.5, 0.6) is 5.75 Å². The summed E-state index contributed by atoms with van der Waals surface area (Å²) in [6.45, 7) is 3.32. The molecule has 148 valence electrons. The lowest BCUT2D eigenvalue weighted by molar-refractivity contribution is -0.136. The van der Waals surface area contributed by atoms with Crippen molar-refractivity contribution in [2.75, 3.05) is 32.1 Å². The Kier molecular flexibility index (Phi) is 6.31. The molecule has 2 aromatic carbocycles. The molecule has 0 bridgehead atoms. The molecule has 1 unspecified atom stereocenters. The van der Waals surface area contributed by atoms with Crippen LogP contribution in [-0.2, 0) is 19.9 Å². The number of hydrogen-bond donors (Lipinski definition) is 1. The lowest BCUT2D eigenvalue weighted by Gasteiger charge is -2.27. The highest BCUT2D eigenvalue weighted by atomic mass is 16.5. The molecular formula is C22H26N2O4. The van der Waals surface area contributed by atoms with Crippen molar-refractivity contribution in [3.05, 3.63) is 60.2 Å². The molecule has 1 aliphatic rings. The topological polar surface area (TPSA) is 67.9 Å². The number of nitrogens with zero attached hydrogens (tertiary/aromatic N) is 1. The number of anilines is 1. The van der Waals surface area contributed by atoms with Gasteiger partial charge >= 0.3 is 0 Å². The maximum Gasteiger partial charge on any atom is 0.260 e. The van der Waals surface area contributed by atoms with E-state index in [-0.39, 0.29) is 18.4 Å². The Morgan fingerprint density at radius 2 is 1.79 bits per heavy atom. The zero-order chi connectivity index (χ0) is 20.0. The van der Waals surface area contributed by atoms with Gasteiger partial charge in [0.05, 0.1) is 0 Å². The van der Waals surface area contributed by atoms with Crippen molar-refractivity contribution >= 4 is 17.5 Å². The minimum absolute atomic E-state index is 0.00278. The number of carbonyl (C=O) groups excluding carboxylic acids is 2. The third kappa shape index (κ3) is 4.51. The number of hydrogen-bond acceptors (Lipinski definition) is 4. The summed E-state index contributed by atoms with van der Waals surface area (Å²) >= 11 is 0. The molecule has 2 aromatic rings. The summed E-state index contributed by atoms with van der Waals surface area (Å²) < 4.78 is 11.2. The van der Waals surface area contributed by atoms with Gasteiger partial charge in [-0.25, -0.2) is 0 Å². The van der Waals surface area contributed by atoms with Crippen LogP contribution in [0.25, 0.3) is 0 Å². The SMILES string of the molecule is COC(C)(C(=O)Nc1cccc(OCC(=O)N2CCCC2)c1)c1ccccc1. The monoisotopic (exact) mass is 382 g/mol. The van der Waals surface area contributed by atoms with E-state index in [9.17, 15) is 9.59 Å². The minimum atomic E-state index is -1.12. The summed E-state index contributed by atoms with van der Waals surface area (Å²) in [6, 6.07) is 16.3. The van der Waals surface area contributed by atoms with Gasteiger partial charge in [0.25, 0.3) is 11.8 Å². The zero-order valence-corrected chi connectivity index (χ0v) is 16.3. The number of methoxy groups -OCH3 is 1. The number of rotatable bonds is 7. The molecule has 0 aromatic heterocycles. The lowest BCUT2D eigenvalue weighted by Crippen LogP contribution is -2.39. The predicted molar refractivity (Wildman–Crippen MR) is 107 cm³/mol. The Morgan fingerprint density at radius 3 is 2.46 bits per heavy atom. The van der Waals surface area contributed by atoms with Crippen LogP contribution in [0.4, 0.5) is 5.69 Å². The largest absolute Gasteiger partial charge is 0.484 e. The van der Waals surface area contributed by atoms with Gasteiger partial charge in [0.2, 0.25) is 0 Å². The van der Waals surface area contributed by atoms with E-state index >= 15 is 0 Å². The van der Waals surface area contributed by atoms with Gasteiger partial charge < -0.3 is 19.7 Å². The van der Waals surface area contributed by atoms with Crippen LogP contribution >= 0.6 is 0 Å². The zero-order valence-electron chi connectivity index (χ0n) is 16.3. The first-order chi connectivity index (χ1) is 13.5. The van der Waals surface area contributed by atoms with Gasteiger partial charge in [0, 0.05) is 32.0 Å². The Balaban J connectivity index is 1.64. The number of nitrogens with one attached hydrogen (secondary N) is 1. The predicted octanol–water partition coefficient (Wildman–Crippen LogP) is 3.19. The molecule has 1 N–H and O–H groups in total. The Morgan fingerprint density at radius 1 is 1.07 bits per heavy atom. The fraction of sp³-hybridized carbons (Fsp3) is 0.364. The summed E-state index contributed by atoms with van der Waals surface area (Å²) in [5, 5.41) is 2.88. The van der Waals surface area contributed by atoms with Gasteiger partial charge in [0.1, 0.15) is 5.75 Å². The molecule has 1 fully saturated rings. The lowest BCUT2D eigenvalue weighted by atomic mass is 9.94. The summed E-state index contributed by atoms with van der Waals surface area (Å²) in [6.07, 6.45) is 2.10. The minimum Gasteiger partial charge on any atom is -0.484 e. The third-order valence-electron chi connectivity index (χ3n) is 5.08. The van der Waals surface area contributed by atoms with Crippen LogP contribution in [0, 0.1) is 0 Å². The van der Waals surface area contributed by atoms with Gasteiger partial charge in [0.15, 0.2) is 12.2 Å². The molecule has 1 saturated heterocycles.